The van der Waals surface area contributed by atoms with Gasteiger partial charge >= 0.3 is 0 Å². The number of halogens is 2. The Hall–Kier alpha value is -2.53. The van der Waals surface area contributed by atoms with Crippen LogP contribution < -0.4 is 10.3 Å². The molecule has 0 unspecified atom stereocenters. The monoisotopic (exact) mass is 480 g/mol. The maximum absolute atomic E-state index is 13.3. The number of benzene rings is 1. The summed E-state index contributed by atoms with van der Waals surface area (Å²) in [5.41, 5.74) is -0.832. The lowest BCUT2D eigenvalue weighted by molar-refractivity contribution is 0.103. The van der Waals surface area contributed by atoms with Gasteiger partial charge in [-0.25, -0.2) is 0 Å². The fourth-order valence-corrected chi connectivity index (χ4v) is 3.89. The molecule has 172 valence electrons. The van der Waals surface area contributed by atoms with E-state index in [1.807, 2.05) is 6.07 Å². The highest BCUT2D eigenvalue weighted by Crippen LogP contribution is 2.36. The van der Waals surface area contributed by atoms with Crippen LogP contribution in [0.1, 0.15) is 59.7 Å². The summed E-state index contributed by atoms with van der Waals surface area (Å²) in [5, 5.41) is 20.5. The number of ketones is 1. The molecular weight excluding hydrogens is 455 g/mol. The first-order chi connectivity index (χ1) is 15.3. The van der Waals surface area contributed by atoms with E-state index < -0.39 is 17.2 Å². The predicted molar refractivity (Wildman–Crippen MR) is 123 cm³/mol. The first-order valence-electron chi connectivity index (χ1n) is 10.3. The Bertz CT molecular complexity index is 1070. The van der Waals surface area contributed by atoms with Gasteiger partial charge in [0.05, 0.1) is 22.2 Å². The molecule has 0 saturated carbocycles. The molecule has 0 aliphatic carbocycles. The van der Waals surface area contributed by atoms with Gasteiger partial charge in [0, 0.05) is 25.8 Å². The number of nitriles is 1. The Morgan fingerprint density at radius 3 is 2.41 bits per heavy atom. The number of pyridine rings is 1. The summed E-state index contributed by atoms with van der Waals surface area (Å²) in [6.45, 7) is 4.39. The van der Waals surface area contributed by atoms with E-state index in [2.05, 4.69) is 6.92 Å². The van der Waals surface area contributed by atoms with E-state index >= 15 is 0 Å². The molecule has 2 rings (SSSR count). The third kappa shape index (κ3) is 5.63. The molecule has 1 N–H and O–H groups in total. The highest BCUT2D eigenvalue weighted by atomic mass is 35.5. The number of aromatic hydroxyl groups is 1. The Labute approximate surface area is 197 Å². The van der Waals surface area contributed by atoms with Gasteiger partial charge in [0.2, 0.25) is 5.88 Å². The van der Waals surface area contributed by atoms with Gasteiger partial charge in [0.25, 0.3) is 5.56 Å². The molecule has 0 saturated heterocycles. The third-order valence-electron chi connectivity index (χ3n) is 5.01. The average Bonchev–Trinajstić information content (AvgIpc) is 2.75. The molecule has 32 heavy (non-hydrogen) atoms. The molecule has 0 spiro atoms. The minimum Gasteiger partial charge on any atom is -0.494 e. The number of aromatic nitrogens is 1. The number of rotatable bonds is 11. The van der Waals surface area contributed by atoms with Crippen molar-refractivity contribution in [1.82, 2.24) is 4.57 Å². The largest absolute Gasteiger partial charge is 0.494 e. The van der Waals surface area contributed by atoms with Crippen LogP contribution in [0.2, 0.25) is 10.0 Å². The van der Waals surface area contributed by atoms with Crippen molar-refractivity contribution >= 4 is 29.0 Å². The molecule has 0 amide bonds. The second kappa shape index (κ2) is 11.9. The quantitative estimate of drug-likeness (QED) is 0.363. The van der Waals surface area contributed by atoms with Gasteiger partial charge in [-0.1, -0.05) is 43.0 Å². The molecule has 2 aromatic rings. The maximum Gasteiger partial charge on any atom is 0.271 e. The van der Waals surface area contributed by atoms with E-state index in [1.54, 1.807) is 0 Å². The first kappa shape index (κ1) is 25.7. The number of methoxy groups -OCH3 is 1. The van der Waals surface area contributed by atoms with Crippen molar-refractivity contribution in [2.75, 3.05) is 20.3 Å². The van der Waals surface area contributed by atoms with Gasteiger partial charge in [-0.2, -0.15) is 5.26 Å². The van der Waals surface area contributed by atoms with Crippen LogP contribution in [-0.4, -0.2) is 35.8 Å². The number of hydrogen-bond donors (Lipinski definition) is 1. The first-order valence-corrected chi connectivity index (χ1v) is 11.1. The van der Waals surface area contributed by atoms with Crippen LogP contribution in [0.4, 0.5) is 0 Å². The fourth-order valence-electron chi connectivity index (χ4n) is 3.30. The topological polar surface area (TPSA) is 102 Å². The van der Waals surface area contributed by atoms with E-state index in [1.165, 1.54) is 26.2 Å². The highest BCUT2D eigenvalue weighted by molar-refractivity contribution is 6.38. The minimum atomic E-state index is -0.665. The molecule has 1 aromatic carbocycles. The molecular formula is C23H26Cl2N2O5. The summed E-state index contributed by atoms with van der Waals surface area (Å²) < 4.78 is 11.6. The Balaban J connectivity index is 2.49. The van der Waals surface area contributed by atoms with E-state index in [0.717, 1.165) is 23.8 Å². The van der Waals surface area contributed by atoms with Crippen molar-refractivity contribution < 1.29 is 19.4 Å². The van der Waals surface area contributed by atoms with Crippen molar-refractivity contribution in [2.24, 2.45) is 0 Å². The van der Waals surface area contributed by atoms with Crippen LogP contribution in [-0.2, 0) is 11.3 Å². The fraction of sp³-hybridized carbons (Fsp3) is 0.435. The van der Waals surface area contributed by atoms with E-state index in [-0.39, 0.29) is 44.6 Å². The van der Waals surface area contributed by atoms with Crippen LogP contribution in [0.25, 0.3) is 0 Å². The summed E-state index contributed by atoms with van der Waals surface area (Å²) >= 11 is 12.6. The van der Waals surface area contributed by atoms with Gasteiger partial charge in [-0.15, -0.1) is 0 Å². The third-order valence-corrected chi connectivity index (χ3v) is 5.57. The normalized spacial score (nSPS) is 10.8. The van der Waals surface area contributed by atoms with Crippen molar-refractivity contribution in [2.45, 2.75) is 46.1 Å². The SMILES string of the molecule is CCCCCOc1c(Cl)cc(C(=O)c2c(C)c(C#N)c(=O)n(CCCOC)c2O)cc1Cl. The summed E-state index contributed by atoms with van der Waals surface area (Å²) in [7, 11) is 1.51. The van der Waals surface area contributed by atoms with Crippen molar-refractivity contribution in [3.8, 4) is 17.7 Å². The number of ether oxygens (including phenoxy) is 2. The highest BCUT2D eigenvalue weighted by Gasteiger charge is 2.26. The number of carbonyl (C=O) groups is 1. The zero-order valence-electron chi connectivity index (χ0n) is 18.3. The summed E-state index contributed by atoms with van der Waals surface area (Å²) in [4.78, 5) is 25.9. The predicted octanol–water partition coefficient (Wildman–Crippen LogP) is 4.88. The zero-order chi connectivity index (χ0) is 23.8. The molecule has 0 aliphatic heterocycles. The number of unbranched alkanes of at least 4 members (excludes halogenated alkanes) is 2. The minimum absolute atomic E-state index is 0.0831. The van der Waals surface area contributed by atoms with Crippen molar-refractivity contribution in [3.63, 3.8) is 0 Å². The van der Waals surface area contributed by atoms with E-state index in [9.17, 15) is 20.0 Å². The number of carbonyl (C=O) groups excluding carboxylic acids is 1. The Kier molecular flexibility index (Phi) is 9.58. The Morgan fingerprint density at radius 1 is 1.19 bits per heavy atom. The van der Waals surface area contributed by atoms with Crippen LogP contribution >= 0.6 is 23.2 Å². The smallest absolute Gasteiger partial charge is 0.271 e. The van der Waals surface area contributed by atoms with Crippen LogP contribution in [0.5, 0.6) is 11.6 Å². The molecule has 0 radical (unpaired) electrons. The van der Waals surface area contributed by atoms with E-state index in [0.29, 0.717) is 19.6 Å². The van der Waals surface area contributed by atoms with Gasteiger partial charge in [-0.05, 0) is 37.5 Å². The number of nitrogens with zero attached hydrogens (tertiary/aromatic N) is 2. The lowest BCUT2D eigenvalue weighted by atomic mass is 9.97. The number of hydrogen-bond acceptors (Lipinski definition) is 6. The van der Waals surface area contributed by atoms with Crippen LogP contribution in [0, 0.1) is 18.3 Å². The Morgan fingerprint density at radius 2 is 1.84 bits per heavy atom. The molecule has 0 atom stereocenters. The molecule has 1 heterocycles. The summed E-state index contributed by atoms with van der Waals surface area (Å²) in [6, 6.07) is 4.63. The van der Waals surface area contributed by atoms with Crippen molar-refractivity contribution in [3.05, 3.63) is 54.8 Å². The second-order valence-corrected chi connectivity index (χ2v) is 8.08. The molecule has 1 aromatic heterocycles. The maximum atomic E-state index is 13.3. The van der Waals surface area contributed by atoms with Crippen LogP contribution in [0.15, 0.2) is 16.9 Å². The average molecular weight is 481 g/mol. The van der Waals surface area contributed by atoms with Crippen LogP contribution in [0.3, 0.4) is 0 Å². The van der Waals surface area contributed by atoms with E-state index in [4.69, 9.17) is 32.7 Å². The molecule has 0 bridgehead atoms. The molecule has 0 aliphatic rings. The zero-order valence-corrected chi connectivity index (χ0v) is 19.8. The second-order valence-electron chi connectivity index (χ2n) is 7.27. The standard InChI is InChI=1S/C23H26Cl2N2O5/c1-4-5-6-10-32-21-17(24)11-15(12-18(21)25)20(28)19-14(2)16(13-26)22(29)27(23(19)30)8-7-9-31-3/h11-12,30H,4-10H2,1-3H3. The van der Waals surface area contributed by atoms with Crippen molar-refractivity contribution in [1.29, 1.82) is 5.26 Å². The lowest BCUT2D eigenvalue weighted by Crippen LogP contribution is -2.27. The lowest BCUT2D eigenvalue weighted by Gasteiger charge is -2.16. The molecule has 7 nitrogen and oxygen atoms in total. The van der Waals surface area contributed by atoms with Gasteiger partial charge in [0.1, 0.15) is 11.6 Å². The van der Waals surface area contributed by atoms with Gasteiger partial charge < -0.3 is 14.6 Å². The van der Waals surface area contributed by atoms with Gasteiger partial charge in [-0.3, -0.25) is 14.2 Å². The summed E-state index contributed by atoms with van der Waals surface area (Å²) in [5.74, 6) is -0.845. The summed E-state index contributed by atoms with van der Waals surface area (Å²) in [6.07, 6.45) is 3.30. The molecule has 0 fully saturated rings. The molecule has 9 heteroatoms. The van der Waals surface area contributed by atoms with Gasteiger partial charge in [0.15, 0.2) is 11.5 Å².